The van der Waals surface area contributed by atoms with Crippen molar-refractivity contribution in [2.24, 2.45) is 5.73 Å². The molecule has 0 aliphatic rings. The molecule has 0 aromatic rings. The Hall–Kier alpha value is -1.51. The Kier molecular flexibility index (Phi) is 33.3. The summed E-state index contributed by atoms with van der Waals surface area (Å²) in [4.78, 5) is 34.6. The first-order chi connectivity index (χ1) is 22.8. The van der Waals surface area contributed by atoms with Crippen LogP contribution in [0.2, 0.25) is 0 Å². The van der Waals surface area contributed by atoms with Gasteiger partial charge >= 0.3 is 19.8 Å². The van der Waals surface area contributed by atoms with Crippen LogP contribution in [0.1, 0.15) is 168 Å². The minimum absolute atomic E-state index is 0.0496. The molecule has 0 saturated heterocycles. The molecule has 0 rings (SSSR count). The maximum absolute atomic E-state index is 12.4. The maximum atomic E-state index is 12.4. The van der Waals surface area contributed by atoms with E-state index in [1.54, 1.807) is 0 Å². The average molecular weight is 688 g/mol. The van der Waals surface area contributed by atoms with Gasteiger partial charge in [-0.15, -0.1) is 0 Å². The Balaban J connectivity index is 4.24. The van der Waals surface area contributed by atoms with Gasteiger partial charge in [0.1, 0.15) is 6.61 Å². The van der Waals surface area contributed by atoms with Crippen molar-refractivity contribution < 1.29 is 37.6 Å². The molecular weight excluding hydrogens is 617 g/mol. The van der Waals surface area contributed by atoms with Crippen LogP contribution in [-0.2, 0) is 32.7 Å². The Bertz CT molecular complexity index is 835. The van der Waals surface area contributed by atoms with Crippen molar-refractivity contribution in [1.82, 2.24) is 0 Å². The minimum Gasteiger partial charge on any atom is -0.462 e. The Labute approximate surface area is 287 Å². The number of allylic oxidation sites excluding steroid dienone is 4. The van der Waals surface area contributed by atoms with E-state index in [0.717, 1.165) is 38.5 Å². The fourth-order valence-corrected chi connectivity index (χ4v) is 5.79. The van der Waals surface area contributed by atoms with Gasteiger partial charge < -0.3 is 20.1 Å². The fraction of sp³-hybridized carbons (Fsp3) is 0.838. The van der Waals surface area contributed by atoms with E-state index in [1.165, 1.54) is 89.9 Å². The van der Waals surface area contributed by atoms with Crippen LogP contribution in [0.3, 0.4) is 0 Å². The average Bonchev–Trinajstić information content (AvgIpc) is 3.05. The van der Waals surface area contributed by atoms with Crippen LogP contribution in [0.4, 0.5) is 0 Å². The number of rotatable bonds is 35. The molecule has 0 aromatic heterocycles. The molecule has 10 heteroatoms. The van der Waals surface area contributed by atoms with Crippen LogP contribution in [0.25, 0.3) is 0 Å². The third kappa shape index (κ3) is 34.2. The van der Waals surface area contributed by atoms with E-state index in [0.29, 0.717) is 12.8 Å². The number of phosphoric acid groups is 1. The molecule has 9 nitrogen and oxygen atoms in total. The number of ether oxygens (including phenoxy) is 2. The summed E-state index contributed by atoms with van der Waals surface area (Å²) in [6.45, 7) is 3.65. The van der Waals surface area contributed by atoms with Gasteiger partial charge in [-0.05, 0) is 38.5 Å². The predicted molar refractivity (Wildman–Crippen MR) is 192 cm³/mol. The normalized spacial score (nSPS) is 13.7. The summed E-state index contributed by atoms with van der Waals surface area (Å²) in [6, 6.07) is 0. The summed E-state index contributed by atoms with van der Waals surface area (Å²) in [5, 5.41) is 0. The number of phosphoric ester groups is 1. The molecule has 0 fully saturated rings. The molecule has 2 atom stereocenters. The van der Waals surface area contributed by atoms with Crippen LogP contribution < -0.4 is 5.73 Å². The predicted octanol–water partition coefficient (Wildman–Crippen LogP) is 10.0. The number of nitrogens with two attached hydrogens (primary N) is 1. The second-order valence-electron chi connectivity index (χ2n) is 12.4. The van der Waals surface area contributed by atoms with E-state index < -0.39 is 32.5 Å². The SMILES string of the molecule is CCCCCCCCCCC/C=C/C/C=C/CCCC(=O)OC[C@@H](COP(=O)(O)OCCN)OC(=O)CCCCCCCCCCC. The molecule has 1 unspecified atom stereocenters. The zero-order valence-corrected chi connectivity index (χ0v) is 30.9. The summed E-state index contributed by atoms with van der Waals surface area (Å²) in [5.41, 5.74) is 5.32. The molecule has 0 aliphatic carbocycles. The van der Waals surface area contributed by atoms with E-state index in [2.05, 4.69) is 38.2 Å². The molecule has 0 spiro atoms. The summed E-state index contributed by atoms with van der Waals surface area (Å²) in [5.74, 6) is -0.883. The largest absolute Gasteiger partial charge is 0.472 e. The molecular formula is C37H70NO8P. The zero-order chi connectivity index (χ0) is 34.7. The van der Waals surface area contributed by atoms with Crippen LogP contribution in [-0.4, -0.2) is 49.3 Å². The number of hydrogen-bond acceptors (Lipinski definition) is 8. The van der Waals surface area contributed by atoms with Gasteiger partial charge in [-0.2, -0.15) is 0 Å². The van der Waals surface area contributed by atoms with Crippen molar-refractivity contribution in [3.8, 4) is 0 Å². The third-order valence-electron chi connectivity index (χ3n) is 7.84. The number of esters is 2. The van der Waals surface area contributed by atoms with E-state index in [4.69, 9.17) is 24.3 Å². The molecule has 3 N–H and O–H groups in total. The van der Waals surface area contributed by atoms with Gasteiger partial charge in [-0.3, -0.25) is 18.6 Å². The lowest BCUT2D eigenvalue weighted by molar-refractivity contribution is -0.161. The molecule has 0 aliphatic heterocycles. The Morgan fingerprint density at radius 1 is 0.638 bits per heavy atom. The molecule has 0 radical (unpaired) electrons. The van der Waals surface area contributed by atoms with E-state index in [9.17, 15) is 19.0 Å². The van der Waals surface area contributed by atoms with Crippen LogP contribution in [0.15, 0.2) is 24.3 Å². The van der Waals surface area contributed by atoms with Crippen molar-refractivity contribution >= 4 is 19.8 Å². The number of hydrogen-bond donors (Lipinski definition) is 2. The molecule has 47 heavy (non-hydrogen) atoms. The molecule has 0 heterocycles. The van der Waals surface area contributed by atoms with Gasteiger partial charge in [0.05, 0.1) is 13.2 Å². The van der Waals surface area contributed by atoms with Crippen molar-refractivity contribution in [3.05, 3.63) is 24.3 Å². The number of unbranched alkanes of at least 4 members (excludes halogenated alkanes) is 18. The zero-order valence-electron chi connectivity index (χ0n) is 30.0. The third-order valence-corrected chi connectivity index (χ3v) is 8.82. The molecule has 0 bridgehead atoms. The van der Waals surface area contributed by atoms with E-state index >= 15 is 0 Å². The smallest absolute Gasteiger partial charge is 0.462 e. The van der Waals surface area contributed by atoms with E-state index in [-0.39, 0.29) is 32.6 Å². The van der Waals surface area contributed by atoms with Crippen LogP contribution >= 0.6 is 7.82 Å². The summed E-state index contributed by atoms with van der Waals surface area (Å²) in [7, 11) is -4.37. The number of carbonyl (C=O) groups is 2. The van der Waals surface area contributed by atoms with Gasteiger partial charge in [-0.1, -0.05) is 141 Å². The number of carbonyl (C=O) groups excluding carboxylic acids is 2. The molecule has 0 saturated carbocycles. The lowest BCUT2D eigenvalue weighted by atomic mass is 10.1. The minimum atomic E-state index is -4.37. The first kappa shape index (κ1) is 45.5. The molecule has 0 aromatic carbocycles. The van der Waals surface area contributed by atoms with E-state index in [1.807, 2.05) is 0 Å². The highest BCUT2D eigenvalue weighted by atomic mass is 31.2. The summed E-state index contributed by atoms with van der Waals surface area (Å²) < 4.78 is 32.5. The van der Waals surface area contributed by atoms with Crippen LogP contribution in [0.5, 0.6) is 0 Å². The van der Waals surface area contributed by atoms with Crippen LogP contribution in [0, 0.1) is 0 Å². The second kappa shape index (κ2) is 34.4. The first-order valence-electron chi connectivity index (χ1n) is 18.8. The lowest BCUT2D eigenvalue weighted by Crippen LogP contribution is -2.29. The van der Waals surface area contributed by atoms with Crippen molar-refractivity contribution in [1.29, 1.82) is 0 Å². The Morgan fingerprint density at radius 3 is 1.68 bits per heavy atom. The van der Waals surface area contributed by atoms with Gasteiger partial charge in [0.15, 0.2) is 6.10 Å². The maximum Gasteiger partial charge on any atom is 0.472 e. The summed E-state index contributed by atoms with van der Waals surface area (Å²) in [6.07, 6.45) is 33.7. The monoisotopic (exact) mass is 687 g/mol. The standard InChI is InChI=1S/C37H70NO8P/c1-3-5-7-9-11-13-14-15-16-17-18-19-20-22-23-25-27-29-36(39)43-33-35(34-45-47(41,42)44-32-31-38)46-37(40)30-28-26-24-21-12-10-8-6-4-2/h18-19,22-23,35H,3-17,20-21,24-34,38H2,1-2H3,(H,41,42)/b19-18+,23-22+/t35-/m0/s1. The summed E-state index contributed by atoms with van der Waals surface area (Å²) >= 11 is 0. The highest BCUT2D eigenvalue weighted by Gasteiger charge is 2.25. The fourth-order valence-electron chi connectivity index (χ4n) is 5.03. The lowest BCUT2D eigenvalue weighted by Gasteiger charge is -2.19. The van der Waals surface area contributed by atoms with Gasteiger partial charge in [0.2, 0.25) is 0 Å². The molecule has 276 valence electrons. The molecule has 0 amide bonds. The Morgan fingerprint density at radius 2 is 1.13 bits per heavy atom. The quantitative estimate of drug-likeness (QED) is 0.0289. The van der Waals surface area contributed by atoms with Crippen molar-refractivity contribution in [3.63, 3.8) is 0 Å². The highest BCUT2D eigenvalue weighted by molar-refractivity contribution is 7.47. The second-order valence-corrected chi connectivity index (χ2v) is 13.9. The topological polar surface area (TPSA) is 134 Å². The van der Waals surface area contributed by atoms with Crippen molar-refractivity contribution in [2.45, 2.75) is 174 Å². The van der Waals surface area contributed by atoms with Gasteiger partial charge in [0.25, 0.3) is 0 Å². The van der Waals surface area contributed by atoms with Gasteiger partial charge in [-0.25, -0.2) is 4.57 Å². The first-order valence-corrected chi connectivity index (χ1v) is 20.3. The highest BCUT2D eigenvalue weighted by Crippen LogP contribution is 2.43. The van der Waals surface area contributed by atoms with Gasteiger partial charge in [0, 0.05) is 19.4 Å². The van der Waals surface area contributed by atoms with Crippen molar-refractivity contribution in [2.75, 3.05) is 26.4 Å².